The number of anilines is 1. The summed E-state index contributed by atoms with van der Waals surface area (Å²) in [4.78, 5) is 4.55. The number of piperazine rings is 1. The first kappa shape index (κ1) is 21.2. The Bertz CT molecular complexity index is 968. The predicted molar refractivity (Wildman–Crippen MR) is 118 cm³/mol. The highest BCUT2D eigenvalue weighted by Gasteiger charge is 2.29. The molecule has 7 nitrogen and oxygen atoms in total. The predicted octanol–water partition coefficient (Wildman–Crippen LogP) is 3.53. The topological polar surface area (TPSA) is 59.3 Å². The molecule has 0 spiro atoms. The zero-order chi connectivity index (χ0) is 21.6. The van der Waals surface area contributed by atoms with Crippen molar-refractivity contribution >= 4 is 5.69 Å². The van der Waals surface area contributed by atoms with Crippen LogP contribution in [0.2, 0.25) is 0 Å². The minimum Gasteiger partial charge on any atom is -0.497 e. The van der Waals surface area contributed by atoms with Gasteiger partial charge in [0.15, 0.2) is 5.82 Å². The van der Waals surface area contributed by atoms with Crippen LogP contribution in [0.15, 0.2) is 48.5 Å². The summed E-state index contributed by atoms with van der Waals surface area (Å²) in [5.74, 6) is 1.55. The average molecular weight is 425 g/mol. The minimum absolute atomic E-state index is 0.140. The molecule has 3 aromatic rings. The van der Waals surface area contributed by atoms with E-state index in [1.165, 1.54) is 6.07 Å². The van der Waals surface area contributed by atoms with Gasteiger partial charge in [-0.1, -0.05) is 37.6 Å². The van der Waals surface area contributed by atoms with Crippen LogP contribution in [0, 0.1) is 5.82 Å². The summed E-state index contributed by atoms with van der Waals surface area (Å²) in [5.41, 5.74) is 1.80. The Kier molecular flexibility index (Phi) is 6.76. The van der Waals surface area contributed by atoms with E-state index < -0.39 is 0 Å². The molecule has 0 bridgehead atoms. The van der Waals surface area contributed by atoms with Crippen molar-refractivity contribution in [2.75, 3.05) is 38.2 Å². The van der Waals surface area contributed by atoms with Gasteiger partial charge in [-0.25, -0.2) is 9.07 Å². The van der Waals surface area contributed by atoms with Crippen molar-refractivity contribution in [3.63, 3.8) is 0 Å². The zero-order valence-electron chi connectivity index (χ0n) is 18.1. The molecule has 2 aromatic carbocycles. The van der Waals surface area contributed by atoms with Gasteiger partial charge in [0, 0.05) is 26.2 Å². The smallest absolute Gasteiger partial charge is 0.168 e. The van der Waals surface area contributed by atoms with Crippen molar-refractivity contribution in [1.29, 1.82) is 0 Å². The van der Waals surface area contributed by atoms with E-state index in [0.29, 0.717) is 12.2 Å². The van der Waals surface area contributed by atoms with E-state index in [4.69, 9.17) is 4.74 Å². The van der Waals surface area contributed by atoms with Crippen molar-refractivity contribution in [3.8, 4) is 5.75 Å². The second kappa shape index (κ2) is 9.87. The molecule has 0 saturated carbocycles. The highest BCUT2D eigenvalue weighted by molar-refractivity contribution is 5.48. The number of nitrogens with zero attached hydrogens (tertiary/aromatic N) is 6. The number of hydrogen-bond donors (Lipinski definition) is 0. The summed E-state index contributed by atoms with van der Waals surface area (Å²) in [6.45, 7) is 6.03. The lowest BCUT2D eigenvalue weighted by Gasteiger charge is -2.39. The number of rotatable bonds is 8. The van der Waals surface area contributed by atoms with Gasteiger partial charge in [-0.15, -0.1) is 5.10 Å². The highest BCUT2D eigenvalue weighted by Crippen LogP contribution is 2.28. The lowest BCUT2D eigenvalue weighted by Crippen LogP contribution is -2.48. The van der Waals surface area contributed by atoms with Crippen molar-refractivity contribution in [2.24, 2.45) is 0 Å². The monoisotopic (exact) mass is 424 g/mol. The lowest BCUT2D eigenvalue weighted by molar-refractivity contribution is 0.164. The first-order chi connectivity index (χ1) is 15.2. The molecule has 1 aliphatic heterocycles. The molecule has 0 N–H and O–H groups in total. The van der Waals surface area contributed by atoms with Crippen LogP contribution in [0.1, 0.15) is 37.2 Å². The zero-order valence-corrected chi connectivity index (χ0v) is 18.1. The minimum atomic E-state index is -0.163. The standard InChI is InChI=1S/C23H29FN6O/c1-3-6-22(29-15-13-28(14-16-29)21-8-5-4-7-20(21)24)23-25-26-27-30(23)17-18-9-11-19(31-2)12-10-18/h4-5,7-12,22H,3,6,13-17H2,1-2H3/t22-/m1/s1. The normalized spacial score (nSPS) is 15.8. The van der Waals surface area contributed by atoms with Crippen LogP contribution in [-0.2, 0) is 6.54 Å². The molecule has 2 heterocycles. The van der Waals surface area contributed by atoms with Gasteiger partial charge in [0.2, 0.25) is 0 Å². The summed E-state index contributed by atoms with van der Waals surface area (Å²) < 4.78 is 21.3. The van der Waals surface area contributed by atoms with E-state index in [1.54, 1.807) is 13.2 Å². The Morgan fingerprint density at radius 3 is 2.45 bits per heavy atom. The second-order valence-corrected chi connectivity index (χ2v) is 7.82. The van der Waals surface area contributed by atoms with Gasteiger partial charge in [-0.2, -0.15) is 0 Å². The Morgan fingerprint density at radius 2 is 1.77 bits per heavy atom. The number of hydrogen-bond acceptors (Lipinski definition) is 6. The van der Waals surface area contributed by atoms with Crippen LogP contribution < -0.4 is 9.64 Å². The maximum absolute atomic E-state index is 14.2. The molecule has 0 aliphatic carbocycles. The summed E-state index contributed by atoms with van der Waals surface area (Å²) >= 11 is 0. The highest BCUT2D eigenvalue weighted by atomic mass is 19.1. The van der Waals surface area contributed by atoms with Crippen LogP contribution in [0.4, 0.5) is 10.1 Å². The second-order valence-electron chi connectivity index (χ2n) is 7.82. The maximum Gasteiger partial charge on any atom is 0.168 e. The molecule has 1 saturated heterocycles. The number of methoxy groups -OCH3 is 1. The Hall–Kier alpha value is -3.00. The van der Waals surface area contributed by atoms with Gasteiger partial charge >= 0.3 is 0 Å². The largest absolute Gasteiger partial charge is 0.497 e. The summed E-state index contributed by atoms with van der Waals surface area (Å²) in [7, 11) is 1.66. The molecule has 8 heteroatoms. The first-order valence-electron chi connectivity index (χ1n) is 10.8. The molecule has 31 heavy (non-hydrogen) atoms. The van der Waals surface area contributed by atoms with Crippen LogP contribution in [0.3, 0.4) is 0 Å². The van der Waals surface area contributed by atoms with E-state index in [-0.39, 0.29) is 11.9 Å². The number of halogens is 1. The quantitative estimate of drug-likeness (QED) is 0.551. The Balaban J connectivity index is 1.47. The average Bonchev–Trinajstić information content (AvgIpc) is 3.26. The first-order valence-corrected chi connectivity index (χ1v) is 10.8. The van der Waals surface area contributed by atoms with E-state index >= 15 is 0 Å². The number of para-hydroxylation sites is 1. The van der Waals surface area contributed by atoms with E-state index in [2.05, 4.69) is 32.2 Å². The third-order valence-electron chi connectivity index (χ3n) is 5.86. The molecule has 0 amide bonds. The number of benzene rings is 2. The van der Waals surface area contributed by atoms with Crippen LogP contribution in [0.25, 0.3) is 0 Å². The molecular formula is C23H29FN6O. The SMILES string of the molecule is CCC[C@H](c1nnnn1Cc1ccc(OC)cc1)N1CCN(c2ccccc2F)CC1. The van der Waals surface area contributed by atoms with E-state index in [1.807, 2.05) is 41.1 Å². The van der Waals surface area contributed by atoms with E-state index in [0.717, 1.165) is 56.2 Å². The van der Waals surface area contributed by atoms with Crippen molar-refractivity contribution < 1.29 is 9.13 Å². The molecule has 1 fully saturated rings. The molecule has 1 atom stereocenters. The van der Waals surface area contributed by atoms with E-state index in [9.17, 15) is 4.39 Å². The molecule has 164 valence electrons. The third-order valence-corrected chi connectivity index (χ3v) is 5.86. The van der Waals surface area contributed by atoms with Gasteiger partial charge in [-0.3, -0.25) is 4.90 Å². The molecule has 1 aliphatic rings. The number of ether oxygens (including phenoxy) is 1. The number of aromatic nitrogens is 4. The van der Waals surface area contributed by atoms with Gasteiger partial charge in [-0.05, 0) is 46.7 Å². The lowest BCUT2D eigenvalue weighted by atomic mass is 10.1. The fraction of sp³-hybridized carbons (Fsp3) is 0.435. The fourth-order valence-electron chi connectivity index (χ4n) is 4.20. The van der Waals surface area contributed by atoms with Gasteiger partial charge < -0.3 is 9.64 Å². The summed E-state index contributed by atoms with van der Waals surface area (Å²) in [6.07, 6.45) is 2.01. The van der Waals surface area contributed by atoms with Crippen LogP contribution >= 0.6 is 0 Å². The van der Waals surface area contributed by atoms with Gasteiger partial charge in [0.05, 0.1) is 25.4 Å². The summed E-state index contributed by atoms with van der Waals surface area (Å²) in [6, 6.07) is 15.1. The Morgan fingerprint density at radius 1 is 1.03 bits per heavy atom. The molecule has 1 aromatic heterocycles. The molecular weight excluding hydrogens is 395 g/mol. The molecule has 4 rings (SSSR count). The van der Waals surface area contributed by atoms with Gasteiger partial charge in [0.25, 0.3) is 0 Å². The van der Waals surface area contributed by atoms with Crippen molar-refractivity contribution in [1.82, 2.24) is 25.1 Å². The molecule has 0 radical (unpaired) electrons. The van der Waals surface area contributed by atoms with Crippen molar-refractivity contribution in [3.05, 3.63) is 65.7 Å². The molecule has 0 unspecified atom stereocenters. The summed E-state index contributed by atoms with van der Waals surface area (Å²) in [5, 5.41) is 12.6. The Labute approximate surface area is 182 Å². The third kappa shape index (κ3) is 4.85. The maximum atomic E-state index is 14.2. The fourth-order valence-corrected chi connectivity index (χ4v) is 4.20. The van der Waals surface area contributed by atoms with Crippen LogP contribution in [-0.4, -0.2) is 58.4 Å². The van der Waals surface area contributed by atoms with Crippen LogP contribution in [0.5, 0.6) is 5.75 Å². The van der Waals surface area contributed by atoms with Gasteiger partial charge in [0.1, 0.15) is 11.6 Å². The van der Waals surface area contributed by atoms with Crippen molar-refractivity contribution in [2.45, 2.75) is 32.4 Å². The number of tetrazole rings is 1.